The van der Waals surface area contributed by atoms with Gasteiger partial charge in [0.05, 0.1) is 5.69 Å². The standard InChI is InChI=1S/C24H27FN2O/c1-24(2,3)23(19-9-11-20(25)12-10-19)27-16-18-7-13-22(14-8-18)28-17-21-6-4-5-15-26-21/h4-15,23,27H,16-17H2,1-3H3. The molecule has 2 aromatic carbocycles. The fourth-order valence-corrected chi connectivity index (χ4v) is 3.14. The van der Waals surface area contributed by atoms with Crippen LogP contribution in [0.5, 0.6) is 5.75 Å². The Kier molecular flexibility index (Phi) is 6.42. The van der Waals surface area contributed by atoms with E-state index in [4.69, 9.17) is 4.74 Å². The van der Waals surface area contributed by atoms with Gasteiger partial charge in [0.15, 0.2) is 0 Å². The summed E-state index contributed by atoms with van der Waals surface area (Å²) in [5, 5.41) is 3.62. The molecule has 0 aliphatic heterocycles. The number of pyridine rings is 1. The fourth-order valence-electron chi connectivity index (χ4n) is 3.14. The lowest BCUT2D eigenvalue weighted by Crippen LogP contribution is -2.32. The van der Waals surface area contributed by atoms with E-state index < -0.39 is 0 Å². The zero-order valence-corrected chi connectivity index (χ0v) is 16.7. The fraction of sp³-hybridized carbons (Fsp3) is 0.292. The van der Waals surface area contributed by atoms with Gasteiger partial charge in [-0.2, -0.15) is 0 Å². The lowest BCUT2D eigenvalue weighted by atomic mass is 9.82. The van der Waals surface area contributed by atoms with Gasteiger partial charge in [0, 0.05) is 18.8 Å². The van der Waals surface area contributed by atoms with Crippen molar-refractivity contribution in [3.05, 3.63) is 95.6 Å². The topological polar surface area (TPSA) is 34.1 Å². The van der Waals surface area contributed by atoms with Gasteiger partial charge in [-0.1, -0.05) is 51.1 Å². The second kappa shape index (κ2) is 8.98. The highest BCUT2D eigenvalue weighted by Gasteiger charge is 2.25. The summed E-state index contributed by atoms with van der Waals surface area (Å²) in [6.45, 7) is 7.72. The minimum Gasteiger partial charge on any atom is -0.487 e. The Labute approximate surface area is 166 Å². The summed E-state index contributed by atoms with van der Waals surface area (Å²) < 4.78 is 19.1. The largest absolute Gasteiger partial charge is 0.487 e. The van der Waals surface area contributed by atoms with Crippen LogP contribution in [0, 0.1) is 11.2 Å². The third-order valence-electron chi connectivity index (χ3n) is 4.62. The first kappa shape index (κ1) is 20.0. The summed E-state index contributed by atoms with van der Waals surface area (Å²) in [6.07, 6.45) is 1.76. The molecule has 0 amide bonds. The van der Waals surface area contributed by atoms with Gasteiger partial charge < -0.3 is 10.1 Å². The molecule has 3 nitrogen and oxygen atoms in total. The van der Waals surface area contributed by atoms with Gasteiger partial charge in [-0.15, -0.1) is 0 Å². The van der Waals surface area contributed by atoms with Gasteiger partial charge >= 0.3 is 0 Å². The lowest BCUT2D eigenvalue weighted by molar-refractivity contribution is 0.270. The average Bonchev–Trinajstić information content (AvgIpc) is 2.69. The van der Waals surface area contributed by atoms with Crippen molar-refractivity contribution >= 4 is 0 Å². The summed E-state index contributed by atoms with van der Waals surface area (Å²) in [5.41, 5.74) is 3.16. The molecule has 0 radical (unpaired) electrons. The molecule has 4 heteroatoms. The van der Waals surface area contributed by atoms with E-state index in [-0.39, 0.29) is 17.3 Å². The summed E-state index contributed by atoms with van der Waals surface area (Å²) in [7, 11) is 0. The monoisotopic (exact) mass is 378 g/mol. The Balaban J connectivity index is 1.60. The summed E-state index contributed by atoms with van der Waals surface area (Å²) in [5.74, 6) is 0.609. The Morgan fingerprint density at radius 3 is 2.29 bits per heavy atom. The van der Waals surface area contributed by atoms with E-state index in [9.17, 15) is 4.39 Å². The Morgan fingerprint density at radius 1 is 0.964 bits per heavy atom. The molecule has 0 saturated heterocycles. The van der Waals surface area contributed by atoms with Crippen molar-refractivity contribution in [1.82, 2.24) is 10.3 Å². The van der Waals surface area contributed by atoms with Gasteiger partial charge in [-0.05, 0) is 52.9 Å². The van der Waals surface area contributed by atoms with Crippen LogP contribution in [-0.4, -0.2) is 4.98 Å². The maximum atomic E-state index is 13.3. The molecule has 3 aromatic rings. The molecule has 1 N–H and O–H groups in total. The van der Waals surface area contributed by atoms with Crippen LogP contribution in [0.15, 0.2) is 72.9 Å². The molecule has 0 aliphatic carbocycles. The maximum absolute atomic E-state index is 13.3. The first-order chi connectivity index (χ1) is 13.4. The zero-order valence-electron chi connectivity index (χ0n) is 16.7. The Morgan fingerprint density at radius 2 is 1.68 bits per heavy atom. The van der Waals surface area contributed by atoms with Crippen LogP contribution in [0.3, 0.4) is 0 Å². The van der Waals surface area contributed by atoms with Crippen LogP contribution in [0.4, 0.5) is 4.39 Å². The summed E-state index contributed by atoms with van der Waals surface area (Å²) >= 11 is 0. The van der Waals surface area contributed by atoms with E-state index in [2.05, 4.69) is 43.2 Å². The number of hydrogen-bond acceptors (Lipinski definition) is 3. The minimum absolute atomic E-state index is 0.00354. The van der Waals surface area contributed by atoms with E-state index in [0.717, 1.165) is 23.6 Å². The molecule has 1 heterocycles. The van der Waals surface area contributed by atoms with E-state index in [1.807, 2.05) is 42.5 Å². The molecule has 0 spiro atoms. The van der Waals surface area contributed by atoms with Crippen molar-refractivity contribution in [3.63, 3.8) is 0 Å². The normalized spacial score (nSPS) is 12.6. The van der Waals surface area contributed by atoms with Gasteiger partial charge in [0.25, 0.3) is 0 Å². The summed E-state index contributed by atoms with van der Waals surface area (Å²) in [6, 6.07) is 20.7. The molecule has 0 saturated carbocycles. The first-order valence-corrected chi connectivity index (χ1v) is 9.52. The second-order valence-electron chi connectivity index (χ2n) is 7.99. The van der Waals surface area contributed by atoms with Crippen molar-refractivity contribution in [2.24, 2.45) is 5.41 Å². The van der Waals surface area contributed by atoms with Crippen LogP contribution in [-0.2, 0) is 13.2 Å². The van der Waals surface area contributed by atoms with E-state index >= 15 is 0 Å². The van der Waals surface area contributed by atoms with Gasteiger partial charge in [0.1, 0.15) is 18.2 Å². The van der Waals surface area contributed by atoms with Crippen LogP contribution < -0.4 is 10.1 Å². The first-order valence-electron chi connectivity index (χ1n) is 9.52. The molecule has 146 valence electrons. The van der Waals surface area contributed by atoms with Gasteiger partial charge in [-0.3, -0.25) is 4.98 Å². The third kappa shape index (κ3) is 5.64. The molecule has 1 aromatic heterocycles. The highest BCUT2D eigenvalue weighted by atomic mass is 19.1. The number of nitrogens with zero attached hydrogens (tertiary/aromatic N) is 1. The molecule has 28 heavy (non-hydrogen) atoms. The number of nitrogens with one attached hydrogen (secondary N) is 1. The van der Waals surface area contributed by atoms with Crippen LogP contribution in [0.25, 0.3) is 0 Å². The van der Waals surface area contributed by atoms with Crippen LogP contribution in [0.1, 0.15) is 43.6 Å². The SMILES string of the molecule is CC(C)(C)C(NCc1ccc(OCc2ccccn2)cc1)c1ccc(F)cc1. The number of hydrogen-bond donors (Lipinski definition) is 1. The maximum Gasteiger partial charge on any atom is 0.130 e. The third-order valence-corrected chi connectivity index (χ3v) is 4.62. The highest BCUT2D eigenvalue weighted by molar-refractivity contribution is 5.28. The summed E-state index contributed by atoms with van der Waals surface area (Å²) in [4.78, 5) is 4.26. The number of benzene rings is 2. The molecule has 1 unspecified atom stereocenters. The van der Waals surface area contributed by atoms with E-state index in [1.165, 1.54) is 17.7 Å². The van der Waals surface area contributed by atoms with Crippen LogP contribution >= 0.6 is 0 Å². The number of rotatable bonds is 7. The molecular formula is C24H27FN2O. The minimum atomic E-state index is -0.210. The van der Waals surface area contributed by atoms with Crippen molar-refractivity contribution < 1.29 is 9.13 Å². The van der Waals surface area contributed by atoms with Crippen molar-refractivity contribution in [2.75, 3.05) is 0 Å². The van der Waals surface area contributed by atoms with Gasteiger partial charge in [0.2, 0.25) is 0 Å². The van der Waals surface area contributed by atoms with Crippen molar-refractivity contribution in [3.8, 4) is 5.75 Å². The number of halogens is 1. The number of ether oxygens (including phenoxy) is 1. The average molecular weight is 378 g/mol. The van der Waals surface area contributed by atoms with Crippen LogP contribution in [0.2, 0.25) is 0 Å². The second-order valence-corrected chi connectivity index (χ2v) is 7.99. The predicted octanol–water partition coefficient (Wildman–Crippen LogP) is 5.68. The molecular weight excluding hydrogens is 351 g/mol. The Hall–Kier alpha value is -2.72. The molecule has 0 fully saturated rings. The number of aromatic nitrogens is 1. The Bertz CT molecular complexity index is 856. The van der Waals surface area contributed by atoms with E-state index in [1.54, 1.807) is 6.20 Å². The van der Waals surface area contributed by atoms with Gasteiger partial charge in [-0.25, -0.2) is 4.39 Å². The van der Waals surface area contributed by atoms with Crippen molar-refractivity contribution in [1.29, 1.82) is 0 Å². The predicted molar refractivity (Wildman–Crippen MR) is 110 cm³/mol. The quantitative estimate of drug-likeness (QED) is 0.575. The molecule has 1 atom stereocenters. The molecule has 0 aliphatic rings. The molecule has 3 rings (SSSR count). The highest BCUT2D eigenvalue weighted by Crippen LogP contribution is 2.33. The van der Waals surface area contributed by atoms with Crippen molar-refractivity contribution in [2.45, 2.75) is 40.0 Å². The molecule has 0 bridgehead atoms. The lowest BCUT2D eigenvalue weighted by Gasteiger charge is -2.32. The van der Waals surface area contributed by atoms with E-state index in [0.29, 0.717) is 6.61 Å². The zero-order chi connectivity index (χ0) is 20.0. The smallest absolute Gasteiger partial charge is 0.130 e.